The van der Waals surface area contributed by atoms with Crippen LogP contribution in [0.4, 0.5) is 0 Å². The summed E-state index contributed by atoms with van der Waals surface area (Å²) in [7, 11) is -7.68. The maximum absolute atomic E-state index is 13.3. The number of aliphatic carboxylic acids is 1. The van der Waals surface area contributed by atoms with Gasteiger partial charge in [0.2, 0.25) is 9.84 Å². The van der Waals surface area contributed by atoms with Crippen molar-refractivity contribution < 1.29 is 31.5 Å². The molecule has 0 fully saturated rings. The van der Waals surface area contributed by atoms with Gasteiger partial charge in [0.05, 0.1) is 9.79 Å². The van der Waals surface area contributed by atoms with Crippen molar-refractivity contribution in [1.29, 1.82) is 0 Å². The lowest BCUT2D eigenvalue weighted by Gasteiger charge is -2.20. The number of benzene rings is 2. The summed E-state index contributed by atoms with van der Waals surface area (Å²) >= 11 is 2.37. The number of thioether (sulfide) groups is 1. The molecule has 36 heavy (non-hydrogen) atoms. The number of carbonyl (C=O) groups is 1. The lowest BCUT2D eigenvalue weighted by atomic mass is 10.2. The van der Waals surface area contributed by atoms with Gasteiger partial charge in [-0.05, 0) is 55.3 Å². The quantitative estimate of drug-likeness (QED) is 0.298. The van der Waals surface area contributed by atoms with Crippen LogP contribution in [0.2, 0.25) is 0 Å². The molecule has 0 atom stereocenters. The number of nitrogens with zero attached hydrogens (tertiary/aromatic N) is 1. The average molecular weight is 570 g/mol. The van der Waals surface area contributed by atoms with E-state index in [4.69, 9.17) is 9.84 Å². The molecule has 2 aromatic carbocycles. The van der Waals surface area contributed by atoms with Gasteiger partial charge in [0.15, 0.2) is 6.61 Å². The summed E-state index contributed by atoms with van der Waals surface area (Å²) in [4.78, 5) is 11.7. The van der Waals surface area contributed by atoms with Crippen LogP contribution in [0.15, 0.2) is 78.9 Å². The predicted molar refractivity (Wildman–Crippen MR) is 140 cm³/mol. The van der Waals surface area contributed by atoms with E-state index < -0.39 is 32.4 Å². The first-order valence-electron chi connectivity index (χ1n) is 11.0. The Kier molecular flexibility index (Phi) is 9.59. The minimum atomic E-state index is -3.87. The molecule has 0 spiro atoms. The summed E-state index contributed by atoms with van der Waals surface area (Å²) in [6, 6.07) is 14.5. The number of hydrogen-bond donors (Lipinski definition) is 1. The number of sulfonamides is 1. The van der Waals surface area contributed by atoms with E-state index >= 15 is 0 Å². The summed E-state index contributed by atoms with van der Waals surface area (Å²) in [5, 5.41) is 10.1. The standard InChI is InChI=1S/C24H27NO7S4/c1-3-11-25(12-13-33-19-9-10-22(18(2)14-19)32-16-23(26)27)36(30,31)24-15-21(17-34-24)35(28,29)20-7-5-4-6-8-20/h4-10,14-15,17H,3,11-13,16H2,1-2H3,(H,26,27). The van der Waals surface area contributed by atoms with Crippen LogP contribution in [0.25, 0.3) is 0 Å². The summed E-state index contributed by atoms with van der Waals surface area (Å²) in [6.45, 7) is 3.83. The monoisotopic (exact) mass is 569 g/mol. The van der Waals surface area contributed by atoms with Crippen molar-refractivity contribution >= 4 is 48.9 Å². The van der Waals surface area contributed by atoms with E-state index in [-0.39, 0.29) is 20.5 Å². The SMILES string of the molecule is CCCN(CCSc1ccc(OCC(=O)O)c(C)c1)S(=O)(=O)c1cc(S(=O)(=O)c2ccccc2)cs1. The van der Waals surface area contributed by atoms with Gasteiger partial charge in [-0.15, -0.1) is 23.1 Å². The molecule has 1 aromatic heterocycles. The zero-order valence-corrected chi connectivity index (χ0v) is 23.1. The fourth-order valence-corrected chi connectivity index (χ4v) is 8.99. The second kappa shape index (κ2) is 12.2. The van der Waals surface area contributed by atoms with Gasteiger partial charge >= 0.3 is 5.97 Å². The van der Waals surface area contributed by atoms with Gasteiger partial charge in [-0.2, -0.15) is 4.31 Å². The van der Waals surface area contributed by atoms with Crippen LogP contribution >= 0.6 is 23.1 Å². The molecule has 0 amide bonds. The molecule has 0 saturated carbocycles. The molecular formula is C24H27NO7S4. The third-order valence-corrected chi connectivity index (χ3v) is 11.3. The minimum Gasteiger partial charge on any atom is -0.482 e. The number of hydrogen-bond acceptors (Lipinski definition) is 8. The van der Waals surface area contributed by atoms with E-state index in [1.54, 1.807) is 30.3 Å². The van der Waals surface area contributed by atoms with Crippen molar-refractivity contribution in [2.45, 2.75) is 39.2 Å². The largest absolute Gasteiger partial charge is 0.482 e. The molecule has 0 aliphatic heterocycles. The van der Waals surface area contributed by atoms with Crippen LogP contribution in [0.5, 0.6) is 5.75 Å². The highest BCUT2D eigenvalue weighted by Crippen LogP contribution is 2.31. The first-order valence-corrected chi connectivity index (χ1v) is 15.8. The number of carboxylic acid groups (broad SMARTS) is 1. The van der Waals surface area contributed by atoms with Gasteiger partial charge in [-0.25, -0.2) is 21.6 Å². The van der Waals surface area contributed by atoms with Crippen molar-refractivity contribution in [3.63, 3.8) is 0 Å². The third kappa shape index (κ3) is 6.88. The van der Waals surface area contributed by atoms with Gasteiger partial charge in [0, 0.05) is 29.1 Å². The molecular weight excluding hydrogens is 543 g/mol. The zero-order chi connectivity index (χ0) is 26.3. The number of aryl methyl sites for hydroxylation is 1. The fraction of sp³-hybridized carbons (Fsp3) is 0.292. The van der Waals surface area contributed by atoms with E-state index in [2.05, 4.69) is 0 Å². The Labute approximate surface area is 219 Å². The Morgan fingerprint density at radius 1 is 1.03 bits per heavy atom. The van der Waals surface area contributed by atoms with Crippen LogP contribution in [-0.2, 0) is 24.7 Å². The van der Waals surface area contributed by atoms with Crippen molar-refractivity contribution in [1.82, 2.24) is 4.31 Å². The van der Waals surface area contributed by atoms with Gasteiger partial charge in [-0.3, -0.25) is 0 Å². The third-order valence-electron chi connectivity index (χ3n) is 5.09. The highest BCUT2D eigenvalue weighted by Gasteiger charge is 2.28. The maximum atomic E-state index is 13.3. The van der Waals surface area contributed by atoms with E-state index in [1.807, 2.05) is 19.9 Å². The van der Waals surface area contributed by atoms with Gasteiger partial charge in [0.1, 0.15) is 9.96 Å². The molecule has 3 rings (SSSR count). The first kappa shape index (κ1) is 28.2. The molecule has 12 heteroatoms. The minimum absolute atomic E-state index is 0.00812. The number of ether oxygens (including phenoxy) is 1. The smallest absolute Gasteiger partial charge is 0.341 e. The molecule has 1 N–H and O–H groups in total. The van der Waals surface area contributed by atoms with Crippen LogP contribution < -0.4 is 4.74 Å². The van der Waals surface area contributed by atoms with Gasteiger partial charge in [-0.1, -0.05) is 25.1 Å². The first-order chi connectivity index (χ1) is 17.1. The number of rotatable bonds is 13. The molecule has 0 bridgehead atoms. The average Bonchev–Trinajstić information content (AvgIpc) is 3.36. The Hall–Kier alpha value is -2.38. The van der Waals surface area contributed by atoms with Crippen LogP contribution in [0.3, 0.4) is 0 Å². The molecule has 8 nitrogen and oxygen atoms in total. The van der Waals surface area contributed by atoms with E-state index in [0.29, 0.717) is 24.5 Å². The highest BCUT2D eigenvalue weighted by atomic mass is 32.2. The highest BCUT2D eigenvalue weighted by molar-refractivity contribution is 7.99. The number of thiophene rings is 1. The predicted octanol–water partition coefficient (Wildman–Crippen LogP) is 4.55. The van der Waals surface area contributed by atoms with Crippen LogP contribution in [-0.4, -0.2) is 57.7 Å². The lowest BCUT2D eigenvalue weighted by Crippen LogP contribution is -2.33. The van der Waals surface area contributed by atoms with Crippen LogP contribution in [0.1, 0.15) is 18.9 Å². The Morgan fingerprint density at radius 2 is 1.75 bits per heavy atom. The molecule has 194 valence electrons. The van der Waals surface area contributed by atoms with Crippen LogP contribution in [0, 0.1) is 6.92 Å². The summed E-state index contributed by atoms with van der Waals surface area (Å²) < 4.78 is 59.0. The van der Waals surface area contributed by atoms with Crippen molar-refractivity contribution in [2.24, 2.45) is 0 Å². The lowest BCUT2D eigenvalue weighted by molar-refractivity contribution is -0.139. The van der Waals surface area contributed by atoms with E-state index in [1.165, 1.54) is 39.6 Å². The molecule has 0 aliphatic carbocycles. The molecule has 1 heterocycles. The Balaban J connectivity index is 1.70. The van der Waals surface area contributed by atoms with E-state index in [9.17, 15) is 21.6 Å². The Morgan fingerprint density at radius 3 is 2.39 bits per heavy atom. The molecule has 0 radical (unpaired) electrons. The van der Waals surface area contributed by atoms with Gasteiger partial charge in [0.25, 0.3) is 10.0 Å². The second-order valence-electron chi connectivity index (χ2n) is 7.78. The van der Waals surface area contributed by atoms with Crippen molar-refractivity contribution in [3.05, 3.63) is 65.5 Å². The molecule has 0 unspecified atom stereocenters. The Bertz CT molecular complexity index is 1400. The summed E-state index contributed by atoms with van der Waals surface area (Å²) in [5.74, 6) is -0.0920. The molecule has 3 aromatic rings. The van der Waals surface area contributed by atoms with Crippen molar-refractivity contribution in [2.75, 3.05) is 25.4 Å². The second-order valence-corrected chi connectivity index (χ2v) is 14.0. The summed E-state index contributed by atoms with van der Waals surface area (Å²) in [5.41, 5.74) is 0.782. The topological polar surface area (TPSA) is 118 Å². The van der Waals surface area contributed by atoms with Gasteiger partial charge < -0.3 is 9.84 Å². The van der Waals surface area contributed by atoms with E-state index in [0.717, 1.165) is 21.8 Å². The maximum Gasteiger partial charge on any atom is 0.341 e. The molecule has 0 saturated heterocycles. The number of carboxylic acids is 1. The summed E-state index contributed by atoms with van der Waals surface area (Å²) in [6.07, 6.45) is 0.610. The normalized spacial score (nSPS) is 12.1. The molecule has 0 aliphatic rings. The van der Waals surface area contributed by atoms with Crippen molar-refractivity contribution in [3.8, 4) is 5.75 Å². The zero-order valence-electron chi connectivity index (χ0n) is 19.8. The fourth-order valence-electron chi connectivity index (χ4n) is 3.32. The number of sulfone groups is 1.